The Bertz CT molecular complexity index is 440. The molecule has 0 bridgehead atoms. The molecular formula is C15H19NO2S. The normalized spacial score (nSPS) is 23.2. The lowest BCUT2D eigenvalue weighted by molar-refractivity contribution is -0.139. The Morgan fingerprint density at radius 1 is 1.05 bits per heavy atom. The molecule has 0 spiro atoms. The largest absolute Gasteiger partial charge is 0.281 e. The molecule has 2 atom stereocenters. The zero-order valence-electron chi connectivity index (χ0n) is 11.3. The maximum Gasteiger partial charge on any atom is 0.232 e. The number of benzene rings is 1. The lowest BCUT2D eigenvalue weighted by Crippen LogP contribution is -2.32. The van der Waals surface area contributed by atoms with E-state index in [0.717, 1.165) is 11.5 Å². The van der Waals surface area contributed by atoms with E-state index in [-0.39, 0.29) is 23.7 Å². The van der Waals surface area contributed by atoms with E-state index in [1.54, 1.807) is 11.8 Å². The fourth-order valence-corrected chi connectivity index (χ4v) is 3.05. The van der Waals surface area contributed by atoms with E-state index in [4.69, 9.17) is 0 Å². The monoisotopic (exact) mass is 277 g/mol. The third kappa shape index (κ3) is 3.18. The van der Waals surface area contributed by atoms with Crippen LogP contribution >= 0.6 is 11.8 Å². The van der Waals surface area contributed by atoms with Gasteiger partial charge in [0.25, 0.3) is 0 Å². The molecule has 3 nitrogen and oxygen atoms in total. The van der Waals surface area contributed by atoms with Gasteiger partial charge in [-0.15, -0.1) is 0 Å². The molecule has 1 saturated heterocycles. The number of hydrogen-bond donors (Lipinski definition) is 0. The summed E-state index contributed by atoms with van der Waals surface area (Å²) in [6.07, 6.45) is 0. The lowest BCUT2D eigenvalue weighted by Gasteiger charge is -2.13. The Hall–Kier alpha value is -1.29. The number of carbonyl (C=O) groups is 2. The molecule has 4 heteroatoms. The van der Waals surface area contributed by atoms with Gasteiger partial charge in [-0.3, -0.25) is 14.5 Å². The number of likely N-dealkylation sites (tertiary alicyclic amines) is 1. The summed E-state index contributed by atoms with van der Waals surface area (Å²) in [6, 6.07) is 10.2. The van der Waals surface area contributed by atoms with E-state index in [1.807, 2.05) is 32.0 Å². The highest BCUT2D eigenvalue weighted by Gasteiger charge is 2.41. The highest BCUT2D eigenvalue weighted by atomic mass is 32.2. The molecule has 19 heavy (non-hydrogen) atoms. The maximum atomic E-state index is 11.9. The van der Waals surface area contributed by atoms with Gasteiger partial charge in [-0.2, -0.15) is 11.8 Å². The molecule has 1 aromatic carbocycles. The molecule has 1 aliphatic heterocycles. The van der Waals surface area contributed by atoms with Crippen molar-refractivity contribution >= 4 is 23.6 Å². The van der Waals surface area contributed by atoms with Crippen molar-refractivity contribution in [3.63, 3.8) is 0 Å². The van der Waals surface area contributed by atoms with Crippen LogP contribution in [0.15, 0.2) is 30.3 Å². The Morgan fingerprint density at radius 3 is 2.21 bits per heavy atom. The smallest absolute Gasteiger partial charge is 0.232 e. The van der Waals surface area contributed by atoms with Gasteiger partial charge < -0.3 is 0 Å². The second-order valence-corrected chi connectivity index (χ2v) is 6.05. The first-order valence-electron chi connectivity index (χ1n) is 6.58. The Morgan fingerprint density at radius 2 is 1.63 bits per heavy atom. The van der Waals surface area contributed by atoms with Crippen LogP contribution in [0.5, 0.6) is 0 Å². The van der Waals surface area contributed by atoms with Gasteiger partial charge in [-0.25, -0.2) is 0 Å². The van der Waals surface area contributed by atoms with Crippen molar-refractivity contribution in [3.8, 4) is 0 Å². The fourth-order valence-electron chi connectivity index (χ4n) is 2.17. The van der Waals surface area contributed by atoms with Crippen LogP contribution in [0, 0.1) is 11.8 Å². The summed E-state index contributed by atoms with van der Waals surface area (Å²) in [5, 5.41) is 0. The first kappa shape index (κ1) is 14.1. The molecule has 1 fully saturated rings. The first-order valence-corrected chi connectivity index (χ1v) is 7.73. The van der Waals surface area contributed by atoms with Gasteiger partial charge in [0.05, 0.1) is 0 Å². The Kier molecular flexibility index (Phi) is 4.64. The summed E-state index contributed by atoms with van der Waals surface area (Å²) < 4.78 is 0. The van der Waals surface area contributed by atoms with E-state index in [0.29, 0.717) is 6.54 Å². The predicted octanol–water partition coefficient (Wildman–Crippen LogP) is 2.56. The molecular weight excluding hydrogens is 258 g/mol. The highest BCUT2D eigenvalue weighted by Crippen LogP contribution is 2.25. The van der Waals surface area contributed by atoms with E-state index >= 15 is 0 Å². The molecule has 0 aromatic heterocycles. The summed E-state index contributed by atoms with van der Waals surface area (Å²) >= 11 is 1.75. The Balaban J connectivity index is 1.77. The molecule has 1 aromatic rings. The van der Waals surface area contributed by atoms with Crippen LogP contribution in [0.1, 0.15) is 19.4 Å². The molecule has 0 radical (unpaired) electrons. The third-order valence-corrected chi connectivity index (χ3v) is 4.64. The average molecular weight is 277 g/mol. The summed E-state index contributed by atoms with van der Waals surface area (Å²) in [5.74, 6) is 1.36. The van der Waals surface area contributed by atoms with Gasteiger partial charge in [0.1, 0.15) is 0 Å². The molecule has 102 valence electrons. The van der Waals surface area contributed by atoms with Crippen molar-refractivity contribution in [3.05, 3.63) is 35.9 Å². The zero-order valence-corrected chi connectivity index (χ0v) is 12.2. The molecule has 0 saturated carbocycles. The standard InChI is InChI=1S/C15H19NO2S/c1-11-12(2)15(18)16(14(11)17)8-9-19-10-13-6-4-3-5-7-13/h3-7,11-12H,8-10H2,1-2H3. The van der Waals surface area contributed by atoms with Gasteiger partial charge >= 0.3 is 0 Å². The van der Waals surface area contributed by atoms with Gasteiger partial charge in [0.15, 0.2) is 0 Å². The van der Waals surface area contributed by atoms with Crippen LogP contribution in [0.2, 0.25) is 0 Å². The molecule has 0 aliphatic carbocycles. The van der Waals surface area contributed by atoms with Crippen LogP contribution in [-0.4, -0.2) is 29.0 Å². The fraction of sp³-hybridized carbons (Fsp3) is 0.467. The van der Waals surface area contributed by atoms with Crippen molar-refractivity contribution in [2.75, 3.05) is 12.3 Å². The Labute approximate surface area is 118 Å². The van der Waals surface area contributed by atoms with E-state index in [2.05, 4.69) is 12.1 Å². The van der Waals surface area contributed by atoms with E-state index in [1.165, 1.54) is 10.5 Å². The number of thioether (sulfide) groups is 1. The summed E-state index contributed by atoms with van der Waals surface area (Å²) in [5.41, 5.74) is 1.27. The van der Waals surface area contributed by atoms with Crippen LogP contribution in [0.25, 0.3) is 0 Å². The third-order valence-electron chi connectivity index (χ3n) is 3.63. The van der Waals surface area contributed by atoms with Gasteiger partial charge in [0.2, 0.25) is 11.8 Å². The number of imide groups is 1. The maximum absolute atomic E-state index is 11.9. The van der Waals surface area contributed by atoms with Crippen LogP contribution in [0.4, 0.5) is 0 Å². The minimum Gasteiger partial charge on any atom is -0.281 e. The van der Waals surface area contributed by atoms with Crippen molar-refractivity contribution in [2.45, 2.75) is 19.6 Å². The van der Waals surface area contributed by atoms with Crippen LogP contribution in [-0.2, 0) is 15.3 Å². The molecule has 1 heterocycles. The number of carbonyl (C=O) groups excluding carboxylic acids is 2. The number of amides is 2. The SMILES string of the molecule is CC1C(=O)N(CCSCc2ccccc2)C(=O)C1C. The summed E-state index contributed by atoms with van der Waals surface area (Å²) in [6.45, 7) is 4.20. The lowest BCUT2D eigenvalue weighted by atomic mass is 10.00. The van der Waals surface area contributed by atoms with Crippen molar-refractivity contribution in [2.24, 2.45) is 11.8 Å². The quantitative estimate of drug-likeness (QED) is 0.613. The molecule has 1 aliphatic rings. The topological polar surface area (TPSA) is 37.4 Å². The summed E-state index contributed by atoms with van der Waals surface area (Å²) in [7, 11) is 0. The minimum absolute atomic E-state index is 0.0159. The van der Waals surface area contributed by atoms with Crippen LogP contribution < -0.4 is 0 Å². The van der Waals surface area contributed by atoms with Crippen molar-refractivity contribution in [1.29, 1.82) is 0 Å². The van der Waals surface area contributed by atoms with Gasteiger partial charge in [-0.05, 0) is 5.56 Å². The van der Waals surface area contributed by atoms with Crippen LogP contribution in [0.3, 0.4) is 0 Å². The van der Waals surface area contributed by atoms with E-state index < -0.39 is 0 Å². The average Bonchev–Trinajstić information content (AvgIpc) is 2.62. The molecule has 2 rings (SSSR count). The number of nitrogens with zero attached hydrogens (tertiary/aromatic N) is 1. The van der Waals surface area contributed by atoms with E-state index in [9.17, 15) is 9.59 Å². The number of rotatable bonds is 5. The molecule has 2 unspecified atom stereocenters. The molecule has 2 amide bonds. The van der Waals surface area contributed by atoms with Gasteiger partial charge in [0, 0.05) is 29.9 Å². The highest BCUT2D eigenvalue weighted by molar-refractivity contribution is 7.98. The second kappa shape index (κ2) is 6.24. The van der Waals surface area contributed by atoms with Crippen molar-refractivity contribution < 1.29 is 9.59 Å². The van der Waals surface area contributed by atoms with Crippen molar-refractivity contribution in [1.82, 2.24) is 4.90 Å². The minimum atomic E-state index is -0.161. The predicted molar refractivity (Wildman–Crippen MR) is 77.7 cm³/mol. The first-order chi connectivity index (χ1) is 9.11. The molecule has 0 N–H and O–H groups in total. The summed E-state index contributed by atoms with van der Waals surface area (Å²) in [4.78, 5) is 25.2. The second-order valence-electron chi connectivity index (χ2n) is 4.94. The zero-order chi connectivity index (χ0) is 13.8. The van der Waals surface area contributed by atoms with Gasteiger partial charge in [-0.1, -0.05) is 44.2 Å². The number of hydrogen-bond acceptors (Lipinski definition) is 3.